The molecule has 1 aromatic carbocycles. The number of rotatable bonds is 4. The Kier molecular flexibility index (Phi) is 6.15. The molecule has 2 unspecified atom stereocenters. The smallest absolute Gasteiger partial charge is 0.252 e. The number of benzene rings is 1. The van der Waals surface area contributed by atoms with Gasteiger partial charge in [-0.1, -0.05) is 19.9 Å². The van der Waals surface area contributed by atoms with Crippen LogP contribution in [0.3, 0.4) is 0 Å². The number of fused-ring (bicyclic) bond motifs is 1. The summed E-state index contributed by atoms with van der Waals surface area (Å²) >= 11 is 0. The molecule has 1 saturated carbocycles. The van der Waals surface area contributed by atoms with Crippen molar-refractivity contribution in [2.45, 2.75) is 65.7 Å². The normalized spacial score (nSPS) is 25.3. The van der Waals surface area contributed by atoms with E-state index in [2.05, 4.69) is 13.8 Å². The molecule has 1 amide bonds. The minimum absolute atomic E-state index is 0.0151. The van der Waals surface area contributed by atoms with Crippen molar-refractivity contribution in [3.05, 3.63) is 35.0 Å². The third-order valence-electron chi connectivity index (χ3n) is 6.88. The van der Waals surface area contributed by atoms with Gasteiger partial charge in [0, 0.05) is 42.4 Å². The summed E-state index contributed by atoms with van der Waals surface area (Å²) in [5.41, 5.74) is 2.86. The number of hydrogen-bond acceptors (Lipinski definition) is 5. The van der Waals surface area contributed by atoms with E-state index in [1.807, 2.05) is 24.8 Å². The first-order valence-electron chi connectivity index (χ1n) is 11.8. The number of carbonyl (C=O) groups excluding carboxylic acids is 2. The van der Waals surface area contributed by atoms with Crippen molar-refractivity contribution in [2.24, 2.45) is 16.3 Å². The van der Waals surface area contributed by atoms with Gasteiger partial charge in [-0.2, -0.15) is 0 Å². The fourth-order valence-electron chi connectivity index (χ4n) is 5.49. The zero-order chi connectivity index (χ0) is 23.0. The monoisotopic (exact) mass is 438 g/mol. The number of phenols is 1. The molecule has 1 aromatic rings. The number of allylic oxidation sites excluding steroid dienone is 1. The molecule has 0 bridgehead atoms. The quantitative estimate of drug-likeness (QED) is 0.744. The lowest BCUT2D eigenvalue weighted by molar-refractivity contribution is -0.128. The van der Waals surface area contributed by atoms with Crippen LogP contribution in [0, 0.1) is 11.3 Å². The predicted octanol–water partition coefficient (Wildman–Crippen LogP) is 4.62. The summed E-state index contributed by atoms with van der Waals surface area (Å²) in [6.45, 7) is 9.84. The van der Waals surface area contributed by atoms with E-state index >= 15 is 0 Å². The van der Waals surface area contributed by atoms with Gasteiger partial charge in [0.25, 0.3) is 5.91 Å². The maximum atomic E-state index is 13.7. The average molecular weight is 439 g/mol. The van der Waals surface area contributed by atoms with Crippen molar-refractivity contribution in [2.75, 3.05) is 19.7 Å². The van der Waals surface area contributed by atoms with Crippen LogP contribution >= 0.6 is 0 Å². The Balaban J connectivity index is 1.84. The second-order valence-electron chi connectivity index (χ2n) is 10.1. The second-order valence-corrected chi connectivity index (χ2v) is 10.1. The Morgan fingerprint density at radius 2 is 1.91 bits per heavy atom. The topological polar surface area (TPSA) is 79.2 Å². The molecule has 1 aliphatic carbocycles. The number of aromatic hydroxyl groups is 1. The zero-order valence-corrected chi connectivity index (χ0v) is 19.6. The van der Waals surface area contributed by atoms with E-state index in [-0.39, 0.29) is 22.9 Å². The van der Waals surface area contributed by atoms with Gasteiger partial charge in [-0.05, 0) is 62.6 Å². The number of aliphatic imine (C=N–C) groups is 1. The molecule has 2 fully saturated rings. The Bertz CT molecular complexity index is 986. The highest BCUT2D eigenvalue weighted by molar-refractivity contribution is 6.12. The van der Waals surface area contributed by atoms with Gasteiger partial charge in [-0.15, -0.1) is 0 Å². The number of likely N-dealkylation sites (tertiary alicyclic amines) is 1. The Hall–Kier alpha value is -2.63. The third kappa shape index (κ3) is 4.19. The van der Waals surface area contributed by atoms with Crippen LogP contribution in [-0.2, 0) is 9.59 Å². The van der Waals surface area contributed by atoms with Crippen molar-refractivity contribution in [1.82, 2.24) is 4.90 Å². The molecule has 0 aromatic heterocycles. The Labute approximate surface area is 190 Å². The number of carbonyl (C=O) groups is 2. The highest BCUT2D eigenvalue weighted by Crippen LogP contribution is 2.48. The maximum Gasteiger partial charge on any atom is 0.252 e. The molecule has 172 valence electrons. The van der Waals surface area contributed by atoms with Gasteiger partial charge < -0.3 is 14.7 Å². The van der Waals surface area contributed by atoms with Gasteiger partial charge in [-0.3, -0.25) is 14.6 Å². The van der Waals surface area contributed by atoms with Crippen LogP contribution in [0.5, 0.6) is 11.5 Å². The first-order valence-corrected chi connectivity index (χ1v) is 11.8. The molecule has 1 N–H and O–H groups in total. The largest absolute Gasteiger partial charge is 0.504 e. The molecule has 2 atom stereocenters. The van der Waals surface area contributed by atoms with Gasteiger partial charge in [0.2, 0.25) is 0 Å². The van der Waals surface area contributed by atoms with Crippen molar-refractivity contribution in [3.63, 3.8) is 0 Å². The molecular weight excluding hydrogens is 404 g/mol. The highest BCUT2D eigenvalue weighted by atomic mass is 16.5. The number of amides is 1. The standard InChI is InChI=1S/C26H34N2O4/c1-5-32-21-13-17(9-10-19(21)29)23-22(25(31)28-11-7-6-8-12-28)16(2)27-18-14-26(3,4)15-20(30)24(18)23/h9-10,13,23-24,29H,5-8,11-12,14-15H2,1-4H3. The fourth-order valence-corrected chi connectivity index (χ4v) is 5.49. The molecule has 4 rings (SSSR count). The average Bonchev–Trinajstić information content (AvgIpc) is 2.74. The molecule has 3 aliphatic rings. The molecule has 6 heteroatoms. The number of hydrogen-bond donors (Lipinski definition) is 1. The van der Waals surface area contributed by atoms with Gasteiger partial charge in [-0.25, -0.2) is 0 Å². The van der Waals surface area contributed by atoms with Gasteiger partial charge in [0.15, 0.2) is 11.5 Å². The first-order chi connectivity index (χ1) is 15.2. The van der Waals surface area contributed by atoms with Crippen molar-refractivity contribution < 1.29 is 19.4 Å². The number of Topliss-reactive ketones (excluding diaryl/α,β-unsaturated/α-hetero) is 1. The van der Waals surface area contributed by atoms with Crippen LogP contribution in [0.25, 0.3) is 0 Å². The third-order valence-corrected chi connectivity index (χ3v) is 6.88. The highest BCUT2D eigenvalue weighted by Gasteiger charge is 2.48. The summed E-state index contributed by atoms with van der Waals surface area (Å²) in [6, 6.07) is 5.20. The van der Waals surface area contributed by atoms with E-state index in [1.54, 1.807) is 12.1 Å². The minimum Gasteiger partial charge on any atom is -0.504 e. The van der Waals surface area contributed by atoms with Crippen LogP contribution in [0.4, 0.5) is 0 Å². The van der Waals surface area contributed by atoms with E-state index in [0.717, 1.165) is 50.0 Å². The van der Waals surface area contributed by atoms with Crippen LogP contribution in [-0.4, -0.2) is 47.1 Å². The number of ketones is 1. The minimum atomic E-state index is -0.450. The predicted molar refractivity (Wildman–Crippen MR) is 124 cm³/mol. The van der Waals surface area contributed by atoms with E-state index in [9.17, 15) is 14.7 Å². The van der Waals surface area contributed by atoms with E-state index in [1.165, 1.54) is 0 Å². The SMILES string of the molecule is CCOc1cc(C2C(C(=O)N3CCCCC3)=C(C)N=C3CC(C)(C)CC(=O)C32)ccc1O. The van der Waals surface area contributed by atoms with E-state index in [4.69, 9.17) is 9.73 Å². The second kappa shape index (κ2) is 8.72. The summed E-state index contributed by atoms with van der Waals surface area (Å²) in [7, 11) is 0. The van der Waals surface area contributed by atoms with E-state index < -0.39 is 11.8 Å². The lowest BCUT2D eigenvalue weighted by Gasteiger charge is -2.42. The summed E-state index contributed by atoms with van der Waals surface area (Å²) in [4.78, 5) is 33.9. The van der Waals surface area contributed by atoms with E-state index in [0.29, 0.717) is 30.0 Å². The van der Waals surface area contributed by atoms with Crippen molar-refractivity contribution in [3.8, 4) is 11.5 Å². The summed E-state index contributed by atoms with van der Waals surface area (Å²) < 4.78 is 5.63. The summed E-state index contributed by atoms with van der Waals surface area (Å²) in [5, 5.41) is 10.2. The number of ether oxygens (including phenoxy) is 1. The molecular formula is C26H34N2O4. The Morgan fingerprint density at radius 1 is 1.19 bits per heavy atom. The lowest BCUT2D eigenvalue weighted by atomic mass is 9.63. The van der Waals surface area contributed by atoms with Crippen LogP contribution in [0.2, 0.25) is 0 Å². The fraction of sp³-hybridized carbons (Fsp3) is 0.577. The molecule has 0 radical (unpaired) electrons. The van der Waals surface area contributed by atoms with Gasteiger partial charge in [0.1, 0.15) is 5.78 Å². The number of phenolic OH excluding ortho intramolecular Hbond substituents is 1. The number of piperidine rings is 1. The van der Waals surface area contributed by atoms with Crippen LogP contribution in [0.15, 0.2) is 34.5 Å². The number of nitrogens with zero attached hydrogens (tertiary/aromatic N) is 2. The first kappa shape index (κ1) is 22.6. The molecule has 1 saturated heterocycles. The molecule has 0 spiro atoms. The molecule has 6 nitrogen and oxygen atoms in total. The van der Waals surface area contributed by atoms with Crippen molar-refractivity contribution in [1.29, 1.82) is 0 Å². The van der Waals surface area contributed by atoms with Crippen LogP contribution < -0.4 is 4.74 Å². The van der Waals surface area contributed by atoms with Gasteiger partial charge in [0.05, 0.1) is 12.5 Å². The molecule has 2 aliphatic heterocycles. The molecule has 32 heavy (non-hydrogen) atoms. The summed E-state index contributed by atoms with van der Waals surface area (Å²) in [5.74, 6) is -0.318. The van der Waals surface area contributed by atoms with Crippen molar-refractivity contribution >= 4 is 17.4 Å². The zero-order valence-electron chi connectivity index (χ0n) is 19.6. The maximum absolute atomic E-state index is 13.7. The lowest BCUT2D eigenvalue weighted by Crippen LogP contribution is -2.46. The van der Waals surface area contributed by atoms with Crippen LogP contribution in [0.1, 0.15) is 71.3 Å². The van der Waals surface area contributed by atoms with Gasteiger partial charge >= 0.3 is 0 Å². The summed E-state index contributed by atoms with van der Waals surface area (Å²) in [6.07, 6.45) is 4.34. The Morgan fingerprint density at radius 3 is 2.59 bits per heavy atom. The molecule has 2 heterocycles.